The van der Waals surface area contributed by atoms with E-state index in [1.807, 2.05) is 42.5 Å². The molecule has 0 atom stereocenters. The van der Waals surface area contributed by atoms with E-state index < -0.39 is 0 Å². The van der Waals surface area contributed by atoms with Gasteiger partial charge in [0.1, 0.15) is 11.6 Å². The molecule has 0 aliphatic rings. The highest BCUT2D eigenvalue weighted by Gasteiger charge is 2.18. The molecule has 0 radical (unpaired) electrons. The summed E-state index contributed by atoms with van der Waals surface area (Å²) < 4.78 is 5.35. The van der Waals surface area contributed by atoms with Gasteiger partial charge in [-0.15, -0.1) is 0 Å². The van der Waals surface area contributed by atoms with Crippen LogP contribution in [0.5, 0.6) is 5.75 Å². The van der Waals surface area contributed by atoms with Crippen molar-refractivity contribution in [1.29, 1.82) is 0 Å². The van der Waals surface area contributed by atoms with Gasteiger partial charge in [-0.3, -0.25) is 9.78 Å². The molecule has 2 aromatic heterocycles. The van der Waals surface area contributed by atoms with Crippen LogP contribution in [0, 0.1) is 0 Å². The van der Waals surface area contributed by atoms with Gasteiger partial charge in [-0.2, -0.15) is 0 Å². The second-order valence-electron chi connectivity index (χ2n) is 5.71. The van der Waals surface area contributed by atoms with Crippen LogP contribution in [0.2, 0.25) is 0 Å². The second-order valence-corrected chi connectivity index (χ2v) is 5.71. The summed E-state index contributed by atoms with van der Waals surface area (Å²) in [6.45, 7) is 0.419. The number of para-hydroxylation sites is 2. The molecule has 1 aromatic carbocycles. The van der Waals surface area contributed by atoms with E-state index >= 15 is 0 Å². The maximum Gasteiger partial charge on any atom is 0.257 e. The lowest BCUT2D eigenvalue weighted by Gasteiger charge is -2.19. The first-order chi connectivity index (χ1) is 12.7. The van der Waals surface area contributed by atoms with Crippen LogP contribution in [-0.4, -0.2) is 34.9 Å². The average Bonchev–Trinajstić information content (AvgIpc) is 2.69. The quantitative estimate of drug-likeness (QED) is 0.738. The molecular weight excluding hydrogens is 328 g/mol. The summed E-state index contributed by atoms with van der Waals surface area (Å²) in [6, 6.07) is 16.6. The van der Waals surface area contributed by atoms with Crippen molar-refractivity contribution in [2.75, 3.05) is 19.5 Å². The molecule has 6 heteroatoms. The highest BCUT2D eigenvalue weighted by molar-refractivity contribution is 5.99. The molecule has 2 heterocycles. The molecule has 1 N–H and O–H groups in total. The number of hydrogen-bond acceptors (Lipinski definition) is 5. The maximum atomic E-state index is 12.9. The largest absolute Gasteiger partial charge is 0.495 e. The fourth-order valence-corrected chi connectivity index (χ4v) is 2.57. The lowest BCUT2D eigenvalue weighted by molar-refractivity contribution is 0.0784. The van der Waals surface area contributed by atoms with Gasteiger partial charge in [0.2, 0.25) is 0 Å². The molecule has 6 nitrogen and oxygen atoms in total. The zero-order chi connectivity index (χ0) is 18.4. The van der Waals surface area contributed by atoms with E-state index in [0.717, 1.165) is 11.4 Å². The number of carbonyl (C=O) groups excluding carboxylic acids is 1. The normalized spacial score (nSPS) is 10.2. The minimum Gasteiger partial charge on any atom is -0.495 e. The molecule has 0 aliphatic heterocycles. The van der Waals surface area contributed by atoms with Crippen molar-refractivity contribution >= 4 is 17.4 Å². The van der Waals surface area contributed by atoms with Crippen LogP contribution in [0.1, 0.15) is 16.1 Å². The number of carbonyl (C=O) groups is 1. The van der Waals surface area contributed by atoms with Gasteiger partial charge in [-0.1, -0.05) is 18.2 Å². The summed E-state index contributed by atoms with van der Waals surface area (Å²) in [4.78, 5) is 23.1. The molecule has 0 unspecified atom stereocenters. The topological polar surface area (TPSA) is 67.3 Å². The Kier molecular flexibility index (Phi) is 5.43. The standard InChI is InChI=1S/C20H20N4O2/c1-24(14-15-8-5-6-12-21-15)20(25)16-9-7-13-22-19(16)23-17-10-3-4-11-18(17)26-2/h3-13H,14H2,1-2H3,(H,22,23). The van der Waals surface area contributed by atoms with Crippen LogP contribution in [0.3, 0.4) is 0 Å². The smallest absolute Gasteiger partial charge is 0.257 e. The highest BCUT2D eigenvalue weighted by atomic mass is 16.5. The first-order valence-corrected chi connectivity index (χ1v) is 8.19. The Morgan fingerprint density at radius 1 is 1.04 bits per heavy atom. The Bertz CT molecular complexity index is 884. The Morgan fingerprint density at radius 3 is 2.58 bits per heavy atom. The molecule has 1 amide bonds. The molecule has 3 aromatic rings. The highest BCUT2D eigenvalue weighted by Crippen LogP contribution is 2.28. The van der Waals surface area contributed by atoms with Gasteiger partial charge < -0.3 is 15.0 Å². The third-order valence-electron chi connectivity index (χ3n) is 3.87. The minimum absolute atomic E-state index is 0.138. The number of benzene rings is 1. The predicted octanol–water partition coefficient (Wildman–Crippen LogP) is 3.50. The lowest BCUT2D eigenvalue weighted by atomic mass is 10.2. The van der Waals surface area contributed by atoms with E-state index in [-0.39, 0.29) is 5.91 Å². The summed E-state index contributed by atoms with van der Waals surface area (Å²) in [7, 11) is 3.35. The van der Waals surface area contributed by atoms with Gasteiger partial charge in [0.15, 0.2) is 0 Å². The van der Waals surface area contributed by atoms with Crippen molar-refractivity contribution in [1.82, 2.24) is 14.9 Å². The molecule has 0 saturated heterocycles. The number of aromatic nitrogens is 2. The summed E-state index contributed by atoms with van der Waals surface area (Å²) in [5, 5.41) is 3.19. The summed E-state index contributed by atoms with van der Waals surface area (Å²) in [5.74, 6) is 1.02. The Morgan fingerprint density at radius 2 is 1.81 bits per heavy atom. The number of amides is 1. The van der Waals surface area contributed by atoms with E-state index in [1.165, 1.54) is 0 Å². The van der Waals surface area contributed by atoms with E-state index in [2.05, 4.69) is 15.3 Å². The van der Waals surface area contributed by atoms with Gasteiger partial charge in [-0.25, -0.2) is 4.98 Å². The van der Waals surface area contributed by atoms with Crippen LogP contribution < -0.4 is 10.1 Å². The van der Waals surface area contributed by atoms with Crippen molar-refractivity contribution in [3.05, 3.63) is 78.2 Å². The summed E-state index contributed by atoms with van der Waals surface area (Å²) in [5.41, 5.74) is 2.05. The lowest BCUT2D eigenvalue weighted by Crippen LogP contribution is -2.27. The number of methoxy groups -OCH3 is 1. The predicted molar refractivity (Wildman–Crippen MR) is 101 cm³/mol. The van der Waals surface area contributed by atoms with E-state index in [1.54, 1.807) is 43.6 Å². The van der Waals surface area contributed by atoms with Gasteiger partial charge >= 0.3 is 0 Å². The fraction of sp³-hybridized carbons (Fsp3) is 0.150. The zero-order valence-corrected chi connectivity index (χ0v) is 14.7. The molecule has 0 aliphatic carbocycles. The fourth-order valence-electron chi connectivity index (χ4n) is 2.57. The second kappa shape index (κ2) is 8.11. The average molecular weight is 348 g/mol. The molecule has 0 fully saturated rings. The molecule has 3 rings (SSSR count). The van der Waals surface area contributed by atoms with Crippen LogP contribution in [-0.2, 0) is 6.54 Å². The third-order valence-corrected chi connectivity index (χ3v) is 3.87. The first-order valence-electron chi connectivity index (χ1n) is 8.19. The van der Waals surface area contributed by atoms with Gasteiger partial charge in [0.25, 0.3) is 5.91 Å². The van der Waals surface area contributed by atoms with Crippen molar-refractivity contribution in [2.24, 2.45) is 0 Å². The van der Waals surface area contributed by atoms with Gasteiger partial charge in [0.05, 0.1) is 30.6 Å². The molecule has 132 valence electrons. The van der Waals surface area contributed by atoms with Crippen LogP contribution in [0.4, 0.5) is 11.5 Å². The van der Waals surface area contributed by atoms with Crippen molar-refractivity contribution in [3.8, 4) is 5.75 Å². The first kappa shape index (κ1) is 17.4. The summed E-state index contributed by atoms with van der Waals surface area (Å²) in [6.07, 6.45) is 3.36. The van der Waals surface area contributed by atoms with E-state index in [9.17, 15) is 4.79 Å². The van der Waals surface area contributed by atoms with Gasteiger partial charge in [0, 0.05) is 19.4 Å². The number of ether oxygens (including phenoxy) is 1. The molecule has 26 heavy (non-hydrogen) atoms. The van der Waals surface area contributed by atoms with Gasteiger partial charge in [-0.05, 0) is 36.4 Å². The molecular formula is C20H20N4O2. The Labute approximate surface area is 152 Å². The van der Waals surface area contributed by atoms with Crippen molar-refractivity contribution in [2.45, 2.75) is 6.54 Å². The minimum atomic E-state index is -0.138. The third kappa shape index (κ3) is 3.97. The number of nitrogens with zero attached hydrogens (tertiary/aromatic N) is 3. The van der Waals surface area contributed by atoms with Crippen LogP contribution >= 0.6 is 0 Å². The van der Waals surface area contributed by atoms with Crippen LogP contribution in [0.25, 0.3) is 0 Å². The van der Waals surface area contributed by atoms with E-state index in [0.29, 0.717) is 23.7 Å². The number of anilines is 2. The van der Waals surface area contributed by atoms with Crippen molar-refractivity contribution < 1.29 is 9.53 Å². The molecule has 0 spiro atoms. The molecule has 0 bridgehead atoms. The van der Waals surface area contributed by atoms with Crippen molar-refractivity contribution in [3.63, 3.8) is 0 Å². The van der Waals surface area contributed by atoms with Crippen LogP contribution in [0.15, 0.2) is 67.0 Å². The number of pyridine rings is 2. The summed E-state index contributed by atoms with van der Waals surface area (Å²) >= 11 is 0. The number of rotatable bonds is 6. The number of nitrogens with one attached hydrogen (secondary N) is 1. The maximum absolute atomic E-state index is 12.9. The zero-order valence-electron chi connectivity index (χ0n) is 14.7. The Hall–Kier alpha value is -3.41. The van der Waals surface area contributed by atoms with E-state index in [4.69, 9.17) is 4.74 Å². The Balaban J connectivity index is 1.83. The SMILES string of the molecule is COc1ccccc1Nc1ncccc1C(=O)N(C)Cc1ccccn1. The molecule has 0 saturated carbocycles. The number of hydrogen-bond donors (Lipinski definition) is 1. The monoisotopic (exact) mass is 348 g/mol.